The lowest BCUT2D eigenvalue weighted by molar-refractivity contribution is 0.0697. The Balaban J connectivity index is 3.08. The third kappa shape index (κ3) is 2.65. The standard InChI is InChI=1S/C11H18N2O2/c1-5-9-7(3)12-10(13-11(9)14)8(4)15-6-2/h8H,5-6H2,1-4H3,(H,12,13,14). The highest BCUT2D eigenvalue weighted by Gasteiger charge is 2.11. The molecule has 0 radical (unpaired) electrons. The molecule has 0 bridgehead atoms. The van der Waals surface area contributed by atoms with Crippen molar-refractivity contribution in [3.05, 3.63) is 27.4 Å². The zero-order chi connectivity index (χ0) is 11.4. The third-order valence-electron chi connectivity index (χ3n) is 2.40. The maximum Gasteiger partial charge on any atom is 0.254 e. The normalized spacial score (nSPS) is 12.8. The highest BCUT2D eigenvalue weighted by Crippen LogP contribution is 2.11. The van der Waals surface area contributed by atoms with E-state index >= 15 is 0 Å². The first-order chi connectivity index (χ1) is 7.10. The smallest absolute Gasteiger partial charge is 0.254 e. The largest absolute Gasteiger partial charge is 0.371 e. The van der Waals surface area contributed by atoms with Crippen LogP contribution >= 0.6 is 0 Å². The summed E-state index contributed by atoms with van der Waals surface area (Å²) in [6, 6.07) is 0. The molecule has 0 fully saturated rings. The highest BCUT2D eigenvalue weighted by atomic mass is 16.5. The molecule has 0 aliphatic carbocycles. The monoisotopic (exact) mass is 210 g/mol. The summed E-state index contributed by atoms with van der Waals surface area (Å²) < 4.78 is 5.38. The predicted octanol–water partition coefficient (Wildman–Crippen LogP) is 1.74. The second-order valence-corrected chi connectivity index (χ2v) is 3.47. The van der Waals surface area contributed by atoms with Crippen LogP contribution in [0.1, 0.15) is 44.0 Å². The molecular formula is C11H18N2O2. The highest BCUT2D eigenvalue weighted by molar-refractivity contribution is 5.16. The van der Waals surface area contributed by atoms with Gasteiger partial charge in [0.05, 0.1) is 0 Å². The first-order valence-electron chi connectivity index (χ1n) is 5.31. The van der Waals surface area contributed by atoms with Crippen molar-refractivity contribution in [3.63, 3.8) is 0 Å². The van der Waals surface area contributed by atoms with Crippen molar-refractivity contribution in [2.24, 2.45) is 0 Å². The Morgan fingerprint density at radius 1 is 1.47 bits per heavy atom. The van der Waals surface area contributed by atoms with E-state index in [1.165, 1.54) is 0 Å². The van der Waals surface area contributed by atoms with Crippen molar-refractivity contribution in [1.82, 2.24) is 9.97 Å². The van der Waals surface area contributed by atoms with Crippen molar-refractivity contribution < 1.29 is 4.74 Å². The first kappa shape index (κ1) is 11.9. The minimum atomic E-state index is -0.160. The number of nitrogens with zero attached hydrogens (tertiary/aromatic N) is 1. The van der Waals surface area contributed by atoms with Crippen LogP contribution in [0.5, 0.6) is 0 Å². The molecule has 0 aliphatic heterocycles. The molecule has 1 N–H and O–H groups in total. The van der Waals surface area contributed by atoms with Crippen molar-refractivity contribution in [3.8, 4) is 0 Å². The van der Waals surface area contributed by atoms with Crippen LogP contribution in [-0.2, 0) is 11.2 Å². The van der Waals surface area contributed by atoms with Crippen LogP contribution < -0.4 is 5.56 Å². The van der Waals surface area contributed by atoms with E-state index in [-0.39, 0.29) is 11.7 Å². The number of nitrogens with one attached hydrogen (secondary N) is 1. The molecule has 0 aromatic carbocycles. The summed E-state index contributed by atoms with van der Waals surface area (Å²) in [6.45, 7) is 8.22. The molecule has 0 saturated heterocycles. The van der Waals surface area contributed by atoms with Crippen molar-refractivity contribution >= 4 is 0 Å². The van der Waals surface area contributed by atoms with Gasteiger partial charge in [0.15, 0.2) is 0 Å². The number of H-pyrrole nitrogens is 1. The summed E-state index contributed by atoms with van der Waals surface area (Å²) in [5.41, 5.74) is 1.50. The van der Waals surface area contributed by atoms with Gasteiger partial charge in [0.1, 0.15) is 11.9 Å². The molecule has 1 rings (SSSR count). The molecule has 1 atom stereocenters. The molecule has 4 heteroatoms. The minimum absolute atomic E-state index is 0.0495. The number of hydrogen-bond donors (Lipinski definition) is 1. The van der Waals surface area contributed by atoms with Crippen LogP contribution in [0, 0.1) is 6.92 Å². The number of aryl methyl sites for hydroxylation is 1. The minimum Gasteiger partial charge on any atom is -0.371 e. The van der Waals surface area contributed by atoms with Crippen molar-refractivity contribution in [1.29, 1.82) is 0 Å². The van der Waals surface area contributed by atoms with E-state index in [1.807, 2.05) is 27.7 Å². The Kier molecular flexibility index (Phi) is 4.03. The molecule has 1 heterocycles. The van der Waals surface area contributed by atoms with E-state index < -0.39 is 0 Å². The molecule has 1 aromatic rings. The van der Waals surface area contributed by atoms with Gasteiger partial charge in [-0.25, -0.2) is 4.98 Å². The van der Waals surface area contributed by atoms with Crippen molar-refractivity contribution in [2.45, 2.75) is 40.2 Å². The maximum atomic E-state index is 11.6. The summed E-state index contributed by atoms with van der Waals surface area (Å²) in [6.07, 6.45) is 0.546. The number of ether oxygens (including phenoxy) is 1. The average molecular weight is 210 g/mol. The Labute approximate surface area is 89.7 Å². The van der Waals surface area contributed by atoms with Gasteiger partial charge in [-0.15, -0.1) is 0 Å². The maximum absolute atomic E-state index is 11.6. The van der Waals surface area contributed by atoms with E-state index in [2.05, 4.69) is 9.97 Å². The van der Waals surface area contributed by atoms with Gasteiger partial charge in [-0.2, -0.15) is 0 Å². The SMILES string of the molecule is CCOC(C)c1nc(C)c(CC)c(=O)[nH]1. The van der Waals surface area contributed by atoms with Crippen LogP contribution in [0.2, 0.25) is 0 Å². The third-order valence-corrected chi connectivity index (χ3v) is 2.40. The Hall–Kier alpha value is -1.16. The van der Waals surface area contributed by atoms with Gasteiger partial charge in [-0.05, 0) is 27.2 Å². The summed E-state index contributed by atoms with van der Waals surface area (Å²) >= 11 is 0. The van der Waals surface area contributed by atoms with Crippen LogP contribution in [0.15, 0.2) is 4.79 Å². The second kappa shape index (κ2) is 5.07. The summed E-state index contributed by atoms with van der Waals surface area (Å²) in [7, 11) is 0. The fourth-order valence-electron chi connectivity index (χ4n) is 1.57. The second-order valence-electron chi connectivity index (χ2n) is 3.47. The van der Waals surface area contributed by atoms with Gasteiger partial charge in [0.25, 0.3) is 5.56 Å². The average Bonchev–Trinajstić information content (AvgIpc) is 2.17. The van der Waals surface area contributed by atoms with Crippen LogP contribution in [-0.4, -0.2) is 16.6 Å². The van der Waals surface area contributed by atoms with E-state index in [9.17, 15) is 4.79 Å². The van der Waals surface area contributed by atoms with E-state index in [1.54, 1.807) is 0 Å². The number of aromatic amines is 1. The van der Waals surface area contributed by atoms with Crippen LogP contribution in [0.3, 0.4) is 0 Å². The number of rotatable bonds is 4. The number of hydrogen-bond acceptors (Lipinski definition) is 3. The molecule has 1 unspecified atom stereocenters. The fraction of sp³-hybridized carbons (Fsp3) is 0.636. The van der Waals surface area contributed by atoms with Gasteiger partial charge >= 0.3 is 0 Å². The van der Waals surface area contributed by atoms with Crippen molar-refractivity contribution in [2.75, 3.05) is 6.61 Å². The first-order valence-corrected chi connectivity index (χ1v) is 5.31. The van der Waals surface area contributed by atoms with E-state index in [0.717, 1.165) is 11.3 Å². The van der Waals surface area contributed by atoms with Gasteiger partial charge in [0.2, 0.25) is 0 Å². The summed E-state index contributed by atoms with van der Waals surface area (Å²) in [4.78, 5) is 18.8. The summed E-state index contributed by atoms with van der Waals surface area (Å²) in [5, 5.41) is 0. The molecule has 15 heavy (non-hydrogen) atoms. The lowest BCUT2D eigenvalue weighted by atomic mass is 10.2. The van der Waals surface area contributed by atoms with Gasteiger partial charge < -0.3 is 9.72 Å². The number of aromatic nitrogens is 2. The summed E-state index contributed by atoms with van der Waals surface area (Å²) in [5.74, 6) is 0.608. The quantitative estimate of drug-likeness (QED) is 0.823. The molecule has 0 saturated carbocycles. The molecule has 0 amide bonds. The Morgan fingerprint density at radius 3 is 2.60 bits per heavy atom. The molecule has 84 valence electrons. The zero-order valence-corrected chi connectivity index (χ0v) is 9.76. The molecule has 0 aliphatic rings. The van der Waals surface area contributed by atoms with Gasteiger partial charge in [-0.1, -0.05) is 6.92 Å². The zero-order valence-electron chi connectivity index (χ0n) is 9.76. The Bertz CT molecular complexity index is 385. The topological polar surface area (TPSA) is 55.0 Å². The fourth-order valence-corrected chi connectivity index (χ4v) is 1.57. The molecular weight excluding hydrogens is 192 g/mol. The van der Waals surface area contributed by atoms with Crippen LogP contribution in [0.25, 0.3) is 0 Å². The molecule has 4 nitrogen and oxygen atoms in total. The van der Waals surface area contributed by atoms with Gasteiger partial charge in [-0.3, -0.25) is 4.79 Å². The lowest BCUT2D eigenvalue weighted by Gasteiger charge is -2.12. The molecule has 0 spiro atoms. The Morgan fingerprint density at radius 2 is 2.13 bits per heavy atom. The molecule has 1 aromatic heterocycles. The predicted molar refractivity (Wildman–Crippen MR) is 59.0 cm³/mol. The van der Waals surface area contributed by atoms with Crippen LogP contribution in [0.4, 0.5) is 0 Å². The van der Waals surface area contributed by atoms with E-state index in [4.69, 9.17) is 4.74 Å². The van der Waals surface area contributed by atoms with E-state index in [0.29, 0.717) is 18.9 Å². The lowest BCUT2D eigenvalue weighted by Crippen LogP contribution is -2.20. The van der Waals surface area contributed by atoms with Gasteiger partial charge in [0, 0.05) is 17.9 Å².